The van der Waals surface area contributed by atoms with E-state index in [4.69, 9.17) is 19.7 Å². The van der Waals surface area contributed by atoms with Crippen molar-refractivity contribution in [1.29, 1.82) is 0 Å². The fourth-order valence-corrected chi connectivity index (χ4v) is 5.37. The molecule has 4 aromatic rings. The summed E-state index contributed by atoms with van der Waals surface area (Å²) < 4.78 is 6.20. The smallest absolute Gasteiger partial charge is 0.320 e. The average molecular weight is 469 g/mol. The minimum Gasteiger partial charge on any atom is -0.462 e. The molecule has 180 valence electrons. The molecule has 2 aliphatic heterocycles. The number of hydrogen-bond acceptors (Lipinski definition) is 7. The van der Waals surface area contributed by atoms with Crippen molar-refractivity contribution in [2.45, 2.75) is 31.8 Å². The molecule has 0 bridgehead atoms. The van der Waals surface area contributed by atoms with Gasteiger partial charge in [-0.1, -0.05) is 42.5 Å². The molecule has 1 N–H and O–H groups in total. The van der Waals surface area contributed by atoms with Crippen LogP contribution in [0.4, 0.5) is 5.82 Å². The van der Waals surface area contributed by atoms with Gasteiger partial charge in [0.15, 0.2) is 5.65 Å². The van der Waals surface area contributed by atoms with Crippen molar-refractivity contribution in [2.24, 2.45) is 0 Å². The third-order valence-corrected chi connectivity index (χ3v) is 7.43. The summed E-state index contributed by atoms with van der Waals surface area (Å²) in [5.41, 5.74) is 2.70. The van der Waals surface area contributed by atoms with Gasteiger partial charge in [-0.2, -0.15) is 9.97 Å². The fraction of sp³-hybridized carbons (Fsp3) is 0.393. The number of nitrogens with one attached hydrogen (secondary N) is 1. The first-order chi connectivity index (χ1) is 17.2. The molecule has 6 rings (SSSR count). The topological polar surface area (TPSA) is 66.4 Å². The zero-order chi connectivity index (χ0) is 23.8. The van der Waals surface area contributed by atoms with Crippen molar-refractivity contribution in [3.05, 3.63) is 54.6 Å². The van der Waals surface area contributed by atoms with Crippen molar-refractivity contribution in [2.75, 3.05) is 44.7 Å². The first-order valence-electron chi connectivity index (χ1n) is 12.6. The molecule has 2 atom stereocenters. The molecule has 0 unspecified atom stereocenters. The lowest BCUT2D eigenvalue weighted by Gasteiger charge is -2.35. The number of ether oxygens (including phenoxy) is 1. The van der Waals surface area contributed by atoms with E-state index in [1.54, 1.807) is 0 Å². The van der Waals surface area contributed by atoms with Crippen LogP contribution in [0.25, 0.3) is 33.1 Å². The number of anilines is 1. The summed E-state index contributed by atoms with van der Waals surface area (Å²) in [6, 6.07) is 20.2. The van der Waals surface area contributed by atoms with Gasteiger partial charge in [-0.25, -0.2) is 4.98 Å². The van der Waals surface area contributed by atoms with Gasteiger partial charge in [-0.05, 0) is 56.3 Å². The number of piperazine rings is 1. The molecule has 0 amide bonds. The fourth-order valence-electron chi connectivity index (χ4n) is 5.37. The number of benzene rings is 2. The van der Waals surface area contributed by atoms with Gasteiger partial charge in [0.2, 0.25) is 0 Å². The largest absolute Gasteiger partial charge is 0.462 e. The molecule has 2 aromatic heterocycles. The normalized spacial score (nSPS) is 21.1. The number of nitrogens with zero attached hydrogens (tertiary/aromatic N) is 5. The number of hydrogen-bond donors (Lipinski definition) is 1. The van der Waals surface area contributed by atoms with Crippen molar-refractivity contribution < 1.29 is 4.74 Å². The molecule has 0 spiro atoms. The summed E-state index contributed by atoms with van der Waals surface area (Å²) in [5.74, 6) is 0.913. The van der Waals surface area contributed by atoms with Gasteiger partial charge >= 0.3 is 6.01 Å². The lowest BCUT2D eigenvalue weighted by Crippen LogP contribution is -2.50. The summed E-state index contributed by atoms with van der Waals surface area (Å²) in [6.07, 6.45) is 2.36. The van der Waals surface area contributed by atoms with Crippen LogP contribution in [0.1, 0.15) is 19.8 Å². The van der Waals surface area contributed by atoms with E-state index in [0.717, 1.165) is 55.1 Å². The van der Waals surface area contributed by atoms with Crippen LogP contribution in [-0.4, -0.2) is 71.8 Å². The third-order valence-electron chi connectivity index (χ3n) is 7.43. The highest BCUT2D eigenvalue weighted by molar-refractivity contribution is 5.97. The van der Waals surface area contributed by atoms with Gasteiger partial charge in [0.1, 0.15) is 12.4 Å². The Hall–Kier alpha value is -3.29. The molecule has 0 radical (unpaired) electrons. The molecule has 4 heterocycles. The maximum absolute atomic E-state index is 6.20. The van der Waals surface area contributed by atoms with E-state index in [9.17, 15) is 0 Å². The number of aromatic nitrogens is 3. The van der Waals surface area contributed by atoms with E-state index in [1.165, 1.54) is 17.2 Å². The van der Waals surface area contributed by atoms with Crippen LogP contribution in [0, 0.1) is 0 Å². The number of likely N-dealkylation sites (N-methyl/N-ethyl adjacent to an activating group) is 1. The number of likely N-dealkylation sites (tertiary alicyclic amines) is 1. The quantitative estimate of drug-likeness (QED) is 0.473. The maximum atomic E-state index is 6.20. The van der Waals surface area contributed by atoms with E-state index < -0.39 is 0 Å². The average Bonchev–Trinajstić information content (AvgIpc) is 3.31. The van der Waals surface area contributed by atoms with Crippen molar-refractivity contribution in [3.63, 3.8) is 0 Å². The Balaban J connectivity index is 1.44. The second-order valence-corrected chi connectivity index (χ2v) is 9.76. The van der Waals surface area contributed by atoms with E-state index in [2.05, 4.69) is 83.7 Å². The summed E-state index contributed by atoms with van der Waals surface area (Å²) in [7, 11) is 2.16. The SMILES string of the molecule is C[C@@H]1CNCCN1c1nc(OC[C@@H]2CCCN2C)nc2nc(-c3cccc4ccccc34)ccc12. The molecule has 35 heavy (non-hydrogen) atoms. The number of fused-ring (bicyclic) bond motifs is 2. The highest BCUT2D eigenvalue weighted by Gasteiger charge is 2.25. The molecule has 2 fully saturated rings. The highest BCUT2D eigenvalue weighted by atomic mass is 16.5. The lowest BCUT2D eigenvalue weighted by molar-refractivity contribution is 0.188. The minimum absolute atomic E-state index is 0.327. The Morgan fingerprint density at radius 1 is 0.971 bits per heavy atom. The molecule has 0 aliphatic carbocycles. The standard InChI is InChI=1S/C28H32N6O/c1-19-17-29-14-16-34(19)27-24-12-13-25(23-11-5-8-20-7-3-4-10-22(20)23)30-26(24)31-28(32-27)35-18-21-9-6-15-33(21)2/h3-5,7-8,10-13,19,21,29H,6,9,14-18H2,1-2H3/t19-,21+/m1/s1. The summed E-state index contributed by atoms with van der Waals surface area (Å²) in [5, 5.41) is 6.83. The summed E-state index contributed by atoms with van der Waals surface area (Å²) in [4.78, 5) is 19.5. The van der Waals surface area contributed by atoms with Crippen LogP contribution in [0.5, 0.6) is 6.01 Å². The van der Waals surface area contributed by atoms with Crippen molar-refractivity contribution >= 4 is 27.6 Å². The Morgan fingerprint density at radius 3 is 2.71 bits per heavy atom. The van der Waals surface area contributed by atoms with Gasteiger partial charge in [-0.3, -0.25) is 0 Å². The van der Waals surface area contributed by atoms with Crippen molar-refractivity contribution in [3.8, 4) is 17.3 Å². The molecule has 2 aliphatic rings. The van der Waals surface area contributed by atoms with E-state index >= 15 is 0 Å². The monoisotopic (exact) mass is 468 g/mol. The minimum atomic E-state index is 0.327. The molecule has 2 saturated heterocycles. The Morgan fingerprint density at radius 2 is 1.86 bits per heavy atom. The Kier molecular flexibility index (Phi) is 5.96. The van der Waals surface area contributed by atoms with E-state index in [1.807, 2.05) is 0 Å². The number of rotatable bonds is 5. The molecule has 7 heteroatoms. The van der Waals surface area contributed by atoms with Crippen LogP contribution in [0.3, 0.4) is 0 Å². The summed E-state index contributed by atoms with van der Waals surface area (Å²) >= 11 is 0. The second-order valence-electron chi connectivity index (χ2n) is 9.76. The third kappa shape index (κ3) is 4.30. The zero-order valence-electron chi connectivity index (χ0n) is 20.4. The summed E-state index contributed by atoms with van der Waals surface area (Å²) in [6.45, 7) is 6.69. The second kappa shape index (κ2) is 9.40. The molecule has 2 aromatic carbocycles. The van der Waals surface area contributed by atoms with Gasteiger partial charge in [0.05, 0.1) is 11.1 Å². The molecular weight excluding hydrogens is 436 g/mol. The predicted molar refractivity (Wildman–Crippen MR) is 141 cm³/mol. The van der Waals surface area contributed by atoms with Crippen LogP contribution < -0.4 is 15.0 Å². The first-order valence-corrected chi connectivity index (χ1v) is 12.6. The van der Waals surface area contributed by atoms with Gasteiger partial charge < -0.3 is 19.9 Å². The molecular formula is C28H32N6O. The Bertz CT molecular complexity index is 1350. The van der Waals surface area contributed by atoms with Crippen LogP contribution >= 0.6 is 0 Å². The molecule has 0 saturated carbocycles. The van der Waals surface area contributed by atoms with Crippen LogP contribution in [0.15, 0.2) is 54.6 Å². The lowest BCUT2D eigenvalue weighted by atomic mass is 10.0. The van der Waals surface area contributed by atoms with Crippen LogP contribution in [0.2, 0.25) is 0 Å². The van der Waals surface area contributed by atoms with Crippen molar-refractivity contribution in [1.82, 2.24) is 25.2 Å². The van der Waals surface area contributed by atoms with E-state index in [-0.39, 0.29) is 0 Å². The van der Waals surface area contributed by atoms with Crippen LogP contribution in [-0.2, 0) is 0 Å². The van der Waals surface area contributed by atoms with E-state index in [0.29, 0.717) is 30.3 Å². The van der Waals surface area contributed by atoms with Gasteiger partial charge in [0.25, 0.3) is 0 Å². The Labute approximate surface area is 206 Å². The maximum Gasteiger partial charge on any atom is 0.320 e. The number of pyridine rings is 1. The van der Waals surface area contributed by atoms with Gasteiger partial charge in [0, 0.05) is 37.3 Å². The first kappa shape index (κ1) is 22.2. The highest BCUT2D eigenvalue weighted by Crippen LogP contribution is 2.32. The predicted octanol–water partition coefficient (Wildman–Crippen LogP) is 4.12. The van der Waals surface area contributed by atoms with Gasteiger partial charge in [-0.15, -0.1) is 0 Å². The molecule has 7 nitrogen and oxygen atoms in total. The zero-order valence-corrected chi connectivity index (χ0v) is 20.4.